The van der Waals surface area contributed by atoms with E-state index in [-0.39, 0.29) is 39.3 Å². The first-order chi connectivity index (χ1) is 4.50. The molecule has 0 spiro atoms. The Morgan fingerprint density at radius 3 is 1.23 bits per heavy atom. The van der Waals surface area contributed by atoms with E-state index in [1.807, 2.05) is 0 Å². The summed E-state index contributed by atoms with van der Waals surface area (Å²) in [5, 5.41) is 4.39. The molecule has 1 radical (unpaired) electrons. The van der Waals surface area contributed by atoms with Gasteiger partial charge in [0.2, 0.25) is 0 Å². The average Bonchev–Trinajstić information content (AvgIpc) is 2.00. The molecule has 1 aliphatic rings. The molecule has 2 heteroatoms. The van der Waals surface area contributed by atoms with Gasteiger partial charge in [-0.3, -0.25) is 0 Å². The van der Waals surface area contributed by atoms with Crippen molar-refractivity contribution in [3.8, 4) is 0 Å². The van der Waals surface area contributed by atoms with Crippen LogP contribution in [0.4, 0.5) is 0 Å². The molecule has 0 aliphatic carbocycles. The van der Waals surface area contributed by atoms with Gasteiger partial charge in [-0.1, -0.05) is 38.5 Å². The number of rotatable bonds is 0. The Morgan fingerprint density at radius 2 is 0.846 bits per heavy atom. The minimum atomic E-state index is 0. The molecule has 1 heterocycles. The van der Waals surface area contributed by atoms with E-state index in [1.165, 1.54) is 38.5 Å². The second-order valence-corrected chi connectivity index (χ2v) is 2.79. The second-order valence-electron chi connectivity index (χ2n) is 2.79. The third-order valence-electron chi connectivity index (χ3n) is 1.88. The first-order valence-corrected chi connectivity index (χ1v) is 4.13. The van der Waals surface area contributed by atoms with Crippen molar-refractivity contribution in [1.82, 2.24) is 0 Å². The summed E-state index contributed by atoms with van der Waals surface area (Å²) in [5.74, 6) is 0. The number of hydrogen-bond donors (Lipinski definition) is 0. The molecule has 1 aliphatic heterocycles. The standard InChI is InChI=1S/C8H16N.3CH3.Mn/c1-2-4-6-8-9-7-5-3-1;;;;/h1-8H2;3*1H3;/q4*-1;. The van der Waals surface area contributed by atoms with Crippen LogP contribution in [0.1, 0.15) is 38.5 Å². The van der Waals surface area contributed by atoms with E-state index in [1.54, 1.807) is 0 Å². The van der Waals surface area contributed by atoms with E-state index in [2.05, 4.69) is 5.32 Å². The summed E-state index contributed by atoms with van der Waals surface area (Å²) >= 11 is 0. The van der Waals surface area contributed by atoms with Gasteiger partial charge < -0.3 is 27.6 Å². The molecule has 0 aromatic heterocycles. The van der Waals surface area contributed by atoms with Gasteiger partial charge in [-0.25, -0.2) is 0 Å². The van der Waals surface area contributed by atoms with Crippen LogP contribution in [0.2, 0.25) is 0 Å². The largest absolute Gasteiger partial charge is 0.662 e. The van der Waals surface area contributed by atoms with Crippen molar-refractivity contribution in [2.24, 2.45) is 0 Å². The van der Waals surface area contributed by atoms with Gasteiger partial charge in [0.15, 0.2) is 0 Å². The van der Waals surface area contributed by atoms with E-state index in [0.717, 1.165) is 13.1 Å². The van der Waals surface area contributed by atoms with Crippen molar-refractivity contribution in [3.63, 3.8) is 0 Å². The third-order valence-corrected chi connectivity index (χ3v) is 1.88. The predicted octanol–water partition coefficient (Wildman–Crippen LogP) is 4.06. The average molecular weight is 226 g/mol. The zero-order chi connectivity index (χ0) is 6.36. The number of hydrogen-bond acceptors (Lipinski definition) is 0. The summed E-state index contributed by atoms with van der Waals surface area (Å²) in [7, 11) is 0. The van der Waals surface area contributed by atoms with Crippen molar-refractivity contribution in [2.45, 2.75) is 38.5 Å². The van der Waals surface area contributed by atoms with Crippen LogP contribution >= 0.6 is 0 Å². The van der Waals surface area contributed by atoms with Crippen molar-refractivity contribution in [1.29, 1.82) is 0 Å². The summed E-state index contributed by atoms with van der Waals surface area (Å²) in [6.45, 7) is 2.25. The van der Waals surface area contributed by atoms with Gasteiger partial charge in [0.1, 0.15) is 0 Å². The predicted molar refractivity (Wildman–Crippen MR) is 60.0 cm³/mol. The van der Waals surface area contributed by atoms with E-state index >= 15 is 0 Å². The quantitative estimate of drug-likeness (QED) is 0.437. The van der Waals surface area contributed by atoms with Crippen LogP contribution in [0.15, 0.2) is 0 Å². The molecule has 13 heavy (non-hydrogen) atoms. The molecule has 0 aromatic carbocycles. The first kappa shape index (κ1) is 23.4. The van der Waals surface area contributed by atoms with Crippen molar-refractivity contribution in [2.75, 3.05) is 13.1 Å². The molecule has 0 amide bonds. The fraction of sp³-hybridized carbons (Fsp3) is 0.727. The fourth-order valence-corrected chi connectivity index (χ4v) is 1.27. The zero-order valence-corrected chi connectivity index (χ0v) is 10.7. The van der Waals surface area contributed by atoms with Gasteiger partial charge in [0.25, 0.3) is 0 Å². The van der Waals surface area contributed by atoms with Crippen molar-refractivity contribution < 1.29 is 17.1 Å². The Labute approximate surface area is 96.5 Å². The molecule has 0 saturated carbocycles. The summed E-state index contributed by atoms with van der Waals surface area (Å²) in [6.07, 6.45) is 8.36. The molecule has 1 nitrogen and oxygen atoms in total. The SMILES string of the molecule is C1CCCC[N-]CCC1.[CH3-].[CH3-].[CH3-].[Mn]. The molecule has 0 unspecified atom stereocenters. The normalized spacial score (nSPS) is 16.6. The van der Waals surface area contributed by atoms with Gasteiger partial charge in [0, 0.05) is 17.1 Å². The number of nitrogens with zero attached hydrogens (tertiary/aromatic N) is 1. The summed E-state index contributed by atoms with van der Waals surface area (Å²) in [4.78, 5) is 0. The van der Waals surface area contributed by atoms with E-state index in [9.17, 15) is 0 Å². The molecule has 0 N–H and O–H groups in total. The Morgan fingerprint density at radius 1 is 0.538 bits per heavy atom. The van der Waals surface area contributed by atoms with Gasteiger partial charge in [-0.05, 0) is 0 Å². The Hall–Kier alpha value is 0.479. The zero-order valence-electron chi connectivity index (χ0n) is 9.48. The molecule has 1 saturated heterocycles. The Balaban J connectivity index is -0.000000101. The molecule has 85 valence electrons. The topological polar surface area (TPSA) is 14.1 Å². The maximum atomic E-state index is 4.39. The molecule has 0 atom stereocenters. The van der Waals surface area contributed by atoms with Crippen LogP contribution in [-0.2, 0) is 17.1 Å². The molecule has 1 rings (SSSR count). The third kappa shape index (κ3) is 15.3. The van der Waals surface area contributed by atoms with Gasteiger partial charge in [0.05, 0.1) is 0 Å². The van der Waals surface area contributed by atoms with Crippen molar-refractivity contribution in [3.05, 3.63) is 27.6 Å². The second kappa shape index (κ2) is 18.3. The van der Waals surface area contributed by atoms with Gasteiger partial charge in [-0.2, -0.15) is 0 Å². The van der Waals surface area contributed by atoms with Crippen LogP contribution < -0.4 is 0 Å². The molecule has 0 bridgehead atoms. The molecular weight excluding hydrogens is 201 g/mol. The Bertz CT molecular complexity index is 38.6. The summed E-state index contributed by atoms with van der Waals surface area (Å²) in [6, 6.07) is 0. The Kier molecular flexibility index (Phi) is 32.9. The molecule has 0 aromatic rings. The van der Waals surface area contributed by atoms with Gasteiger partial charge >= 0.3 is 0 Å². The van der Waals surface area contributed by atoms with E-state index in [4.69, 9.17) is 0 Å². The maximum Gasteiger partial charge on any atom is 0 e. The fourth-order valence-electron chi connectivity index (χ4n) is 1.27. The van der Waals surface area contributed by atoms with E-state index < -0.39 is 0 Å². The van der Waals surface area contributed by atoms with Crippen molar-refractivity contribution >= 4 is 0 Å². The molecular formula is C11H25MnN-4. The summed E-state index contributed by atoms with van der Waals surface area (Å²) < 4.78 is 0. The van der Waals surface area contributed by atoms with Crippen LogP contribution in [0.3, 0.4) is 0 Å². The van der Waals surface area contributed by atoms with E-state index in [0.29, 0.717) is 0 Å². The minimum absolute atomic E-state index is 0. The van der Waals surface area contributed by atoms with Gasteiger partial charge in [-0.15, -0.1) is 13.1 Å². The van der Waals surface area contributed by atoms with Crippen LogP contribution in [0.5, 0.6) is 0 Å². The smallest absolute Gasteiger partial charge is 0 e. The maximum absolute atomic E-state index is 4.39. The first-order valence-electron chi connectivity index (χ1n) is 4.13. The minimum Gasteiger partial charge on any atom is -0.662 e. The van der Waals surface area contributed by atoms with Crippen LogP contribution in [-0.4, -0.2) is 13.1 Å². The summed E-state index contributed by atoms with van der Waals surface area (Å²) in [5.41, 5.74) is 0. The van der Waals surface area contributed by atoms with Crippen LogP contribution in [0, 0.1) is 22.3 Å². The monoisotopic (exact) mass is 226 g/mol. The van der Waals surface area contributed by atoms with Crippen LogP contribution in [0.25, 0.3) is 5.32 Å². The molecule has 1 fully saturated rings.